The molecule has 0 aliphatic rings. The summed E-state index contributed by atoms with van der Waals surface area (Å²) >= 11 is 0. The average Bonchev–Trinajstić information content (AvgIpc) is 0.811. The lowest BCUT2D eigenvalue weighted by molar-refractivity contribution is 0.804. The zero-order valence-corrected chi connectivity index (χ0v) is 3.08. The zero-order valence-electron chi connectivity index (χ0n) is 3.08. The van der Waals surface area contributed by atoms with Crippen molar-refractivity contribution in [3.8, 4) is 0 Å². The van der Waals surface area contributed by atoms with Crippen molar-refractivity contribution in [2.45, 2.75) is 19.9 Å². The molecular formula is C3H8N. The first-order valence-corrected chi connectivity index (χ1v) is 1.44. The standard InChI is InChI=1S/C3H8N/c1-3(2)4/h3-4H,1-2H3. The summed E-state index contributed by atoms with van der Waals surface area (Å²) < 4.78 is 0. The van der Waals surface area contributed by atoms with Crippen LogP contribution in [0.25, 0.3) is 0 Å². The molecule has 0 fully saturated rings. The molecule has 0 aliphatic carbocycles. The van der Waals surface area contributed by atoms with E-state index in [2.05, 4.69) is 0 Å². The van der Waals surface area contributed by atoms with E-state index in [1.165, 1.54) is 0 Å². The number of rotatable bonds is 0. The molecule has 0 unspecified atom stereocenters. The molecule has 1 heteroatoms. The topological polar surface area (TPSA) is 23.8 Å². The van der Waals surface area contributed by atoms with Crippen LogP contribution in [0.2, 0.25) is 0 Å². The Hall–Kier alpha value is -0.0400. The van der Waals surface area contributed by atoms with Crippen molar-refractivity contribution in [1.29, 1.82) is 0 Å². The number of hydrogen-bond donors (Lipinski definition) is 0. The van der Waals surface area contributed by atoms with E-state index in [1.54, 1.807) is 0 Å². The molecule has 0 aromatic heterocycles. The zero-order chi connectivity index (χ0) is 3.58. The molecule has 0 heterocycles. The fourth-order valence-corrected chi connectivity index (χ4v) is 0. The predicted molar refractivity (Wildman–Crippen MR) is 18.2 cm³/mol. The monoisotopic (exact) mass is 58.1 g/mol. The summed E-state index contributed by atoms with van der Waals surface area (Å²) in [5, 5.41) is 0. The van der Waals surface area contributed by atoms with Crippen LogP contribution in [0.15, 0.2) is 0 Å². The third kappa shape index (κ3) is 1130. The highest BCUT2D eigenvalue weighted by atomic mass is 14.6. The maximum Gasteiger partial charge on any atom is 0.0156 e. The molecule has 1 N–H and O–H groups in total. The Morgan fingerprint density at radius 2 is 1.50 bits per heavy atom. The molecule has 1 nitrogen and oxygen atoms in total. The summed E-state index contributed by atoms with van der Waals surface area (Å²) in [6, 6.07) is 0.0833. The molecule has 0 saturated heterocycles. The van der Waals surface area contributed by atoms with Crippen LogP contribution in [0.3, 0.4) is 0 Å². The molecule has 0 aromatic rings. The highest BCUT2D eigenvalue weighted by Crippen LogP contribution is 1.62. The SMILES string of the molecule is CC(C)[NH]. The maximum atomic E-state index is 6.58. The van der Waals surface area contributed by atoms with Crippen molar-refractivity contribution >= 4 is 0 Å². The lowest BCUT2D eigenvalue weighted by atomic mass is 10.5. The molecular weight excluding hydrogens is 50.0 g/mol. The van der Waals surface area contributed by atoms with Crippen LogP contribution in [0, 0.1) is 0 Å². The second-order valence-corrected chi connectivity index (χ2v) is 1.15. The van der Waals surface area contributed by atoms with Crippen LogP contribution in [-0.4, -0.2) is 6.04 Å². The first-order chi connectivity index (χ1) is 1.73. The van der Waals surface area contributed by atoms with Crippen molar-refractivity contribution in [2.75, 3.05) is 0 Å². The summed E-state index contributed by atoms with van der Waals surface area (Å²) in [7, 11) is 0. The van der Waals surface area contributed by atoms with Crippen molar-refractivity contribution in [3.63, 3.8) is 0 Å². The van der Waals surface area contributed by atoms with E-state index in [4.69, 9.17) is 5.73 Å². The van der Waals surface area contributed by atoms with Crippen LogP contribution in [0.1, 0.15) is 13.8 Å². The van der Waals surface area contributed by atoms with Gasteiger partial charge in [0, 0.05) is 6.04 Å². The summed E-state index contributed by atoms with van der Waals surface area (Å²) in [6.07, 6.45) is 0. The van der Waals surface area contributed by atoms with Gasteiger partial charge < -0.3 is 0 Å². The van der Waals surface area contributed by atoms with Crippen LogP contribution >= 0.6 is 0 Å². The Balaban J connectivity index is 2.32. The van der Waals surface area contributed by atoms with Gasteiger partial charge in [-0.1, -0.05) is 0 Å². The fourth-order valence-electron chi connectivity index (χ4n) is 0. The minimum Gasteiger partial charge on any atom is -0.255 e. The molecule has 0 rings (SSSR count). The maximum absolute atomic E-state index is 6.58. The molecule has 0 amide bonds. The minimum absolute atomic E-state index is 0.0833. The molecule has 0 spiro atoms. The molecule has 0 bridgehead atoms. The molecule has 4 heavy (non-hydrogen) atoms. The average molecular weight is 58.1 g/mol. The summed E-state index contributed by atoms with van der Waals surface area (Å²) in [4.78, 5) is 0. The lowest BCUT2D eigenvalue weighted by Gasteiger charge is -1.79. The Morgan fingerprint density at radius 3 is 1.50 bits per heavy atom. The number of hydrogen-bond acceptors (Lipinski definition) is 0. The van der Waals surface area contributed by atoms with Crippen molar-refractivity contribution in [2.24, 2.45) is 0 Å². The Morgan fingerprint density at radius 1 is 1.50 bits per heavy atom. The van der Waals surface area contributed by atoms with Crippen LogP contribution in [-0.2, 0) is 0 Å². The molecule has 0 aliphatic heterocycles. The van der Waals surface area contributed by atoms with E-state index in [-0.39, 0.29) is 6.04 Å². The van der Waals surface area contributed by atoms with Gasteiger partial charge in [-0.25, -0.2) is 0 Å². The second-order valence-electron chi connectivity index (χ2n) is 1.15. The molecule has 0 saturated carbocycles. The van der Waals surface area contributed by atoms with Gasteiger partial charge in [-0.3, -0.25) is 5.73 Å². The molecule has 25 valence electrons. The van der Waals surface area contributed by atoms with Gasteiger partial charge in [0.1, 0.15) is 0 Å². The fraction of sp³-hybridized carbons (Fsp3) is 1.00. The summed E-state index contributed by atoms with van der Waals surface area (Å²) in [5.41, 5.74) is 6.58. The van der Waals surface area contributed by atoms with Crippen LogP contribution in [0.4, 0.5) is 0 Å². The first-order valence-electron chi connectivity index (χ1n) is 1.44. The van der Waals surface area contributed by atoms with Crippen LogP contribution in [0.5, 0.6) is 0 Å². The lowest BCUT2D eigenvalue weighted by Crippen LogP contribution is -1.89. The van der Waals surface area contributed by atoms with Gasteiger partial charge in [-0.2, -0.15) is 0 Å². The third-order valence-corrected chi connectivity index (χ3v) is 0. The second kappa shape index (κ2) is 1.30. The third-order valence-electron chi connectivity index (χ3n) is 0. The van der Waals surface area contributed by atoms with Crippen molar-refractivity contribution in [3.05, 3.63) is 0 Å². The van der Waals surface area contributed by atoms with E-state index < -0.39 is 0 Å². The number of nitrogens with one attached hydrogen (secondary N) is 1. The van der Waals surface area contributed by atoms with E-state index >= 15 is 0 Å². The van der Waals surface area contributed by atoms with Crippen molar-refractivity contribution < 1.29 is 0 Å². The first kappa shape index (κ1) is 3.96. The Labute approximate surface area is 26.8 Å². The summed E-state index contributed by atoms with van der Waals surface area (Å²) in [5.74, 6) is 0. The van der Waals surface area contributed by atoms with E-state index in [0.29, 0.717) is 0 Å². The highest BCUT2D eigenvalue weighted by Gasteiger charge is 1.69. The van der Waals surface area contributed by atoms with E-state index in [9.17, 15) is 0 Å². The van der Waals surface area contributed by atoms with E-state index in [1.807, 2.05) is 13.8 Å². The van der Waals surface area contributed by atoms with Gasteiger partial charge in [0.15, 0.2) is 0 Å². The predicted octanol–water partition coefficient (Wildman–Crippen LogP) is 0.678. The molecule has 1 radical (unpaired) electrons. The summed E-state index contributed by atoms with van der Waals surface area (Å²) in [6.45, 7) is 3.67. The Bertz CT molecular complexity index is 8.00. The molecule has 0 aromatic carbocycles. The van der Waals surface area contributed by atoms with Gasteiger partial charge in [-0.15, -0.1) is 0 Å². The smallest absolute Gasteiger partial charge is 0.0156 e. The van der Waals surface area contributed by atoms with Crippen molar-refractivity contribution in [1.82, 2.24) is 5.73 Å². The van der Waals surface area contributed by atoms with Gasteiger partial charge in [-0.05, 0) is 13.8 Å². The largest absolute Gasteiger partial charge is 0.255 e. The van der Waals surface area contributed by atoms with Gasteiger partial charge in [0.05, 0.1) is 0 Å². The minimum atomic E-state index is 0.0833. The molecule has 0 atom stereocenters. The Kier molecular flexibility index (Phi) is 1.28. The van der Waals surface area contributed by atoms with Crippen LogP contribution < -0.4 is 5.73 Å². The van der Waals surface area contributed by atoms with Gasteiger partial charge in [0.2, 0.25) is 0 Å². The quantitative estimate of drug-likeness (QED) is 0.391. The van der Waals surface area contributed by atoms with Gasteiger partial charge >= 0.3 is 0 Å². The normalized spacial score (nSPS) is 9.00. The highest BCUT2D eigenvalue weighted by molar-refractivity contribution is 4.30. The van der Waals surface area contributed by atoms with Gasteiger partial charge in [0.25, 0.3) is 0 Å². The van der Waals surface area contributed by atoms with E-state index in [0.717, 1.165) is 0 Å².